The van der Waals surface area contributed by atoms with Gasteiger partial charge < -0.3 is 9.64 Å². The Hall–Kier alpha value is -2.66. The van der Waals surface area contributed by atoms with Crippen LogP contribution in [0.25, 0.3) is 10.9 Å². The number of nitrogens with zero attached hydrogens (tertiary/aromatic N) is 2. The topological polar surface area (TPSA) is 58.2 Å². The zero-order chi connectivity index (χ0) is 16.1. The summed E-state index contributed by atoms with van der Waals surface area (Å²) >= 11 is 0. The number of hydrogen-bond donors (Lipinski definition) is 1. The third kappa shape index (κ3) is 3.40. The van der Waals surface area contributed by atoms with Crippen LogP contribution in [-0.2, 0) is 11.3 Å². The summed E-state index contributed by atoms with van der Waals surface area (Å²) in [4.78, 5) is 14.8. The molecule has 118 valence electrons. The minimum atomic E-state index is -0.0271. The van der Waals surface area contributed by atoms with Crippen LogP contribution in [0.3, 0.4) is 0 Å². The normalized spacial score (nSPS) is 10.8. The van der Waals surface area contributed by atoms with E-state index in [0.717, 1.165) is 16.5 Å². The summed E-state index contributed by atoms with van der Waals surface area (Å²) in [5, 5.41) is 7.88. The molecule has 0 saturated carbocycles. The van der Waals surface area contributed by atoms with Crippen LogP contribution in [0.1, 0.15) is 15.9 Å². The smallest absolute Gasteiger partial charge is 0.256 e. The molecule has 0 fully saturated rings. The van der Waals surface area contributed by atoms with Gasteiger partial charge in [0.1, 0.15) is 0 Å². The Bertz CT molecular complexity index is 783. The summed E-state index contributed by atoms with van der Waals surface area (Å²) in [6.07, 6.45) is 1.73. The van der Waals surface area contributed by atoms with Crippen LogP contribution in [0.2, 0.25) is 0 Å². The Kier molecular flexibility index (Phi) is 4.68. The highest BCUT2D eigenvalue weighted by Crippen LogP contribution is 2.18. The predicted octanol–water partition coefficient (Wildman–Crippen LogP) is 2.85. The number of fused-ring (bicyclic) bond motifs is 1. The SMILES string of the molecule is COCCN(Cc1ccccc1)C(=O)c1cccc2cn[nH]c12. The van der Waals surface area contributed by atoms with Crippen molar-refractivity contribution in [3.05, 3.63) is 65.9 Å². The van der Waals surface area contributed by atoms with Crippen molar-refractivity contribution in [2.75, 3.05) is 20.3 Å². The van der Waals surface area contributed by atoms with Crippen LogP contribution in [0, 0.1) is 0 Å². The fourth-order valence-corrected chi connectivity index (χ4v) is 2.58. The molecule has 0 atom stereocenters. The molecule has 1 amide bonds. The third-order valence-electron chi connectivity index (χ3n) is 3.78. The molecule has 23 heavy (non-hydrogen) atoms. The molecule has 5 nitrogen and oxygen atoms in total. The van der Waals surface area contributed by atoms with E-state index in [4.69, 9.17) is 4.74 Å². The van der Waals surface area contributed by atoms with Gasteiger partial charge in [0.05, 0.1) is 23.9 Å². The number of rotatable bonds is 6. The number of carbonyl (C=O) groups is 1. The van der Waals surface area contributed by atoms with E-state index < -0.39 is 0 Å². The first-order valence-electron chi connectivity index (χ1n) is 7.54. The number of hydrogen-bond acceptors (Lipinski definition) is 3. The van der Waals surface area contributed by atoms with Crippen molar-refractivity contribution in [2.45, 2.75) is 6.54 Å². The van der Waals surface area contributed by atoms with Crippen LogP contribution >= 0.6 is 0 Å². The van der Waals surface area contributed by atoms with Crippen LogP contribution in [0.5, 0.6) is 0 Å². The van der Waals surface area contributed by atoms with E-state index in [9.17, 15) is 4.79 Å². The van der Waals surface area contributed by atoms with Gasteiger partial charge in [-0.05, 0) is 11.6 Å². The van der Waals surface area contributed by atoms with Crippen molar-refractivity contribution >= 4 is 16.8 Å². The van der Waals surface area contributed by atoms with E-state index in [1.165, 1.54) is 0 Å². The molecule has 0 spiro atoms. The fourth-order valence-electron chi connectivity index (χ4n) is 2.58. The number of para-hydroxylation sites is 1. The molecule has 0 radical (unpaired) electrons. The summed E-state index contributed by atoms with van der Waals surface area (Å²) in [5.41, 5.74) is 2.49. The Morgan fingerprint density at radius 3 is 2.78 bits per heavy atom. The summed E-state index contributed by atoms with van der Waals surface area (Å²) in [6.45, 7) is 1.58. The number of nitrogens with one attached hydrogen (secondary N) is 1. The molecule has 1 aromatic heterocycles. The Balaban J connectivity index is 1.89. The number of H-pyrrole nitrogens is 1. The van der Waals surface area contributed by atoms with E-state index >= 15 is 0 Å². The molecule has 3 aromatic rings. The number of carbonyl (C=O) groups excluding carboxylic acids is 1. The van der Waals surface area contributed by atoms with E-state index in [1.807, 2.05) is 48.5 Å². The second-order valence-corrected chi connectivity index (χ2v) is 5.34. The summed E-state index contributed by atoms with van der Waals surface area (Å²) in [5.74, 6) is -0.0271. The average molecular weight is 309 g/mol. The van der Waals surface area contributed by atoms with Crippen molar-refractivity contribution in [1.29, 1.82) is 0 Å². The van der Waals surface area contributed by atoms with Crippen LogP contribution in [0.15, 0.2) is 54.7 Å². The van der Waals surface area contributed by atoms with E-state index in [1.54, 1.807) is 18.2 Å². The zero-order valence-corrected chi connectivity index (χ0v) is 13.0. The zero-order valence-electron chi connectivity index (χ0n) is 13.0. The number of aromatic amines is 1. The number of ether oxygens (including phenoxy) is 1. The van der Waals surface area contributed by atoms with E-state index in [0.29, 0.717) is 25.3 Å². The monoisotopic (exact) mass is 309 g/mol. The van der Waals surface area contributed by atoms with Gasteiger partial charge in [-0.15, -0.1) is 0 Å². The van der Waals surface area contributed by atoms with Gasteiger partial charge in [-0.25, -0.2) is 0 Å². The molecular weight excluding hydrogens is 290 g/mol. The first-order chi connectivity index (χ1) is 11.3. The highest BCUT2D eigenvalue weighted by Gasteiger charge is 2.19. The minimum absolute atomic E-state index is 0.0271. The van der Waals surface area contributed by atoms with Gasteiger partial charge in [0.15, 0.2) is 0 Å². The lowest BCUT2D eigenvalue weighted by atomic mass is 10.1. The van der Waals surface area contributed by atoms with Crippen LogP contribution < -0.4 is 0 Å². The van der Waals surface area contributed by atoms with E-state index in [2.05, 4.69) is 10.2 Å². The molecule has 0 saturated heterocycles. The highest BCUT2D eigenvalue weighted by atomic mass is 16.5. The first-order valence-corrected chi connectivity index (χ1v) is 7.54. The van der Waals surface area contributed by atoms with Gasteiger partial charge in [0, 0.05) is 25.6 Å². The molecule has 3 rings (SSSR count). The maximum Gasteiger partial charge on any atom is 0.256 e. The van der Waals surface area contributed by atoms with E-state index in [-0.39, 0.29) is 5.91 Å². The average Bonchev–Trinajstić information content (AvgIpc) is 3.07. The van der Waals surface area contributed by atoms with Gasteiger partial charge in [-0.3, -0.25) is 9.89 Å². The number of benzene rings is 2. The fraction of sp³-hybridized carbons (Fsp3) is 0.222. The number of amides is 1. The molecule has 0 unspecified atom stereocenters. The Morgan fingerprint density at radius 1 is 1.17 bits per heavy atom. The third-order valence-corrected chi connectivity index (χ3v) is 3.78. The second-order valence-electron chi connectivity index (χ2n) is 5.34. The van der Waals surface area contributed by atoms with Crippen molar-refractivity contribution < 1.29 is 9.53 Å². The molecule has 0 aliphatic rings. The molecule has 1 N–H and O–H groups in total. The standard InChI is InChI=1S/C18H19N3O2/c1-23-11-10-21(13-14-6-3-2-4-7-14)18(22)16-9-5-8-15-12-19-20-17(15)16/h2-9,12H,10-11,13H2,1H3,(H,19,20). The molecule has 0 aliphatic carbocycles. The quantitative estimate of drug-likeness (QED) is 0.761. The molecule has 0 aliphatic heterocycles. The first kappa shape index (κ1) is 15.2. The Morgan fingerprint density at radius 2 is 2.00 bits per heavy atom. The molecule has 1 heterocycles. The lowest BCUT2D eigenvalue weighted by molar-refractivity contribution is 0.0682. The maximum absolute atomic E-state index is 13.0. The van der Waals surface area contributed by atoms with Gasteiger partial charge in [0.25, 0.3) is 5.91 Å². The van der Waals surface area contributed by atoms with Crippen molar-refractivity contribution in [2.24, 2.45) is 0 Å². The number of methoxy groups -OCH3 is 1. The lowest BCUT2D eigenvalue weighted by Gasteiger charge is -2.23. The molecule has 0 bridgehead atoms. The summed E-state index contributed by atoms with van der Waals surface area (Å²) in [6, 6.07) is 15.6. The summed E-state index contributed by atoms with van der Waals surface area (Å²) in [7, 11) is 1.64. The lowest BCUT2D eigenvalue weighted by Crippen LogP contribution is -2.33. The Labute approximate surface area is 134 Å². The number of aromatic nitrogens is 2. The largest absolute Gasteiger partial charge is 0.383 e. The molecule has 2 aromatic carbocycles. The van der Waals surface area contributed by atoms with Crippen molar-refractivity contribution in [1.82, 2.24) is 15.1 Å². The van der Waals surface area contributed by atoms with Crippen molar-refractivity contribution in [3.8, 4) is 0 Å². The van der Waals surface area contributed by atoms with Gasteiger partial charge in [-0.1, -0.05) is 42.5 Å². The van der Waals surface area contributed by atoms with Crippen molar-refractivity contribution in [3.63, 3.8) is 0 Å². The highest BCUT2D eigenvalue weighted by molar-refractivity contribution is 6.05. The van der Waals surface area contributed by atoms with Gasteiger partial charge in [-0.2, -0.15) is 5.10 Å². The van der Waals surface area contributed by atoms with Crippen LogP contribution in [0.4, 0.5) is 0 Å². The van der Waals surface area contributed by atoms with Crippen LogP contribution in [-0.4, -0.2) is 41.3 Å². The predicted molar refractivity (Wildman–Crippen MR) is 89.2 cm³/mol. The second kappa shape index (κ2) is 7.07. The van der Waals surface area contributed by atoms with Gasteiger partial charge in [0.2, 0.25) is 0 Å². The minimum Gasteiger partial charge on any atom is -0.383 e. The van der Waals surface area contributed by atoms with Gasteiger partial charge >= 0.3 is 0 Å². The summed E-state index contributed by atoms with van der Waals surface area (Å²) < 4.78 is 5.15. The maximum atomic E-state index is 13.0. The molecule has 5 heteroatoms. The molecular formula is C18H19N3O2.